The lowest BCUT2D eigenvalue weighted by atomic mass is 10.1. The molecule has 0 aliphatic carbocycles. The molecule has 1 amide bonds. The summed E-state index contributed by atoms with van der Waals surface area (Å²) in [5.74, 6) is 0.143. The molecule has 5 rings (SSSR count). The number of hydrogen-bond donors (Lipinski definition) is 2. The Morgan fingerprint density at radius 3 is 2.66 bits per heavy atom. The van der Waals surface area contributed by atoms with Crippen molar-refractivity contribution in [3.05, 3.63) is 52.7 Å². The molecule has 2 N–H and O–H groups in total. The molecule has 1 aromatic heterocycles. The van der Waals surface area contributed by atoms with E-state index >= 15 is 0 Å². The first kappa shape index (κ1) is 23.5. The second kappa shape index (κ2) is 9.07. The van der Waals surface area contributed by atoms with Gasteiger partial charge in [-0.25, -0.2) is 0 Å². The van der Waals surface area contributed by atoms with Gasteiger partial charge in [-0.1, -0.05) is 6.07 Å². The number of halogens is 3. The van der Waals surface area contributed by atoms with Gasteiger partial charge in [-0.15, -0.1) is 0 Å². The summed E-state index contributed by atoms with van der Waals surface area (Å²) < 4.78 is 44.2. The number of aromatic amines is 1. The fourth-order valence-electron chi connectivity index (χ4n) is 4.78. The normalized spacial score (nSPS) is 17.2. The van der Waals surface area contributed by atoms with Crippen LogP contribution in [0.15, 0.2) is 30.3 Å². The molecule has 0 unspecified atom stereocenters. The van der Waals surface area contributed by atoms with Crippen molar-refractivity contribution in [1.29, 1.82) is 0 Å². The highest BCUT2D eigenvalue weighted by molar-refractivity contribution is 6.01. The standard InChI is InChI=1S/C25H27F3N4O3/c1-31-8-5-17(6-9-31)35-18-3-2-15-13-32(14-16(15)10-18)24(34)20-11-19-21(4-7-25(26,27)28)29-30-22(19)12-23(20)33/h2-3,10-12,17,33H,4-9,13-14H2,1H3,(H,29,30). The van der Waals surface area contributed by atoms with Gasteiger partial charge in [0.25, 0.3) is 5.91 Å². The van der Waals surface area contributed by atoms with Crippen molar-refractivity contribution in [1.82, 2.24) is 20.0 Å². The Hall–Kier alpha value is -3.27. The molecule has 1 fully saturated rings. The fraction of sp³-hybridized carbons (Fsp3) is 0.440. The van der Waals surface area contributed by atoms with Gasteiger partial charge in [0, 0.05) is 49.7 Å². The van der Waals surface area contributed by atoms with E-state index in [0.717, 1.165) is 42.8 Å². The molecule has 7 nitrogen and oxygen atoms in total. The van der Waals surface area contributed by atoms with Crippen LogP contribution >= 0.6 is 0 Å². The average Bonchev–Trinajstić information content (AvgIpc) is 3.41. The minimum Gasteiger partial charge on any atom is -0.507 e. The second-order valence-electron chi connectivity index (χ2n) is 9.42. The van der Waals surface area contributed by atoms with Crippen molar-refractivity contribution in [3.8, 4) is 11.5 Å². The van der Waals surface area contributed by atoms with Crippen molar-refractivity contribution in [2.75, 3.05) is 20.1 Å². The van der Waals surface area contributed by atoms with Gasteiger partial charge in [0.05, 0.1) is 11.1 Å². The summed E-state index contributed by atoms with van der Waals surface area (Å²) >= 11 is 0. The number of nitrogens with one attached hydrogen (secondary N) is 1. The van der Waals surface area contributed by atoms with Crippen molar-refractivity contribution in [2.24, 2.45) is 0 Å². The number of benzene rings is 2. The van der Waals surface area contributed by atoms with E-state index in [1.807, 2.05) is 18.2 Å². The number of ether oxygens (including phenoxy) is 1. The number of aromatic nitrogens is 2. The molecule has 3 heterocycles. The van der Waals surface area contributed by atoms with E-state index in [4.69, 9.17) is 4.74 Å². The lowest BCUT2D eigenvalue weighted by Gasteiger charge is -2.29. The smallest absolute Gasteiger partial charge is 0.389 e. The number of nitrogens with zero attached hydrogens (tertiary/aromatic N) is 3. The van der Waals surface area contributed by atoms with E-state index in [-0.39, 0.29) is 35.4 Å². The number of alkyl halides is 3. The first-order valence-electron chi connectivity index (χ1n) is 11.7. The van der Waals surface area contributed by atoms with Crippen LogP contribution in [0.3, 0.4) is 0 Å². The van der Waals surface area contributed by atoms with Gasteiger partial charge in [-0.2, -0.15) is 18.3 Å². The summed E-state index contributed by atoms with van der Waals surface area (Å²) in [4.78, 5) is 17.2. The zero-order valence-electron chi connectivity index (χ0n) is 19.4. The number of H-pyrrole nitrogens is 1. The van der Waals surface area contributed by atoms with Gasteiger partial charge in [0.1, 0.15) is 17.6 Å². The third-order valence-corrected chi connectivity index (χ3v) is 6.80. The Kier molecular flexibility index (Phi) is 6.08. The minimum atomic E-state index is -4.30. The monoisotopic (exact) mass is 488 g/mol. The number of carbonyl (C=O) groups excluding carboxylic acids is 1. The Morgan fingerprint density at radius 2 is 1.91 bits per heavy atom. The lowest BCUT2D eigenvalue weighted by Crippen LogP contribution is -2.35. The second-order valence-corrected chi connectivity index (χ2v) is 9.42. The number of likely N-dealkylation sites (tertiary alicyclic amines) is 1. The van der Waals surface area contributed by atoms with E-state index in [1.165, 1.54) is 12.1 Å². The average molecular weight is 489 g/mol. The van der Waals surface area contributed by atoms with Crippen LogP contribution in [0.2, 0.25) is 0 Å². The van der Waals surface area contributed by atoms with Gasteiger partial charge in [-0.05, 0) is 55.6 Å². The quantitative estimate of drug-likeness (QED) is 0.557. The number of aryl methyl sites for hydroxylation is 1. The molecule has 2 aliphatic heterocycles. The number of phenols is 1. The predicted octanol–water partition coefficient (Wildman–Crippen LogP) is 4.39. The largest absolute Gasteiger partial charge is 0.507 e. The Labute approximate surface area is 200 Å². The molecule has 186 valence electrons. The number of amides is 1. The summed E-state index contributed by atoms with van der Waals surface area (Å²) in [6.07, 6.45) is -3.47. The van der Waals surface area contributed by atoms with E-state index in [0.29, 0.717) is 24.0 Å². The minimum absolute atomic E-state index is 0.0442. The third-order valence-electron chi connectivity index (χ3n) is 6.80. The maximum atomic E-state index is 13.3. The molecule has 0 atom stereocenters. The summed E-state index contributed by atoms with van der Waals surface area (Å²) in [5.41, 5.74) is 2.63. The van der Waals surface area contributed by atoms with Gasteiger partial charge in [0.2, 0.25) is 0 Å². The third kappa shape index (κ3) is 5.07. The van der Waals surface area contributed by atoms with E-state index in [1.54, 1.807) is 4.90 Å². The maximum Gasteiger partial charge on any atom is 0.389 e. The van der Waals surface area contributed by atoms with Crippen LogP contribution in [0.25, 0.3) is 10.9 Å². The summed E-state index contributed by atoms with van der Waals surface area (Å²) in [5, 5.41) is 17.4. The number of rotatable bonds is 5. The van der Waals surface area contributed by atoms with Crippen molar-refractivity contribution < 1.29 is 27.8 Å². The first-order valence-corrected chi connectivity index (χ1v) is 11.7. The summed E-state index contributed by atoms with van der Waals surface area (Å²) in [7, 11) is 2.10. The Bertz CT molecular complexity index is 1250. The van der Waals surface area contributed by atoms with Crippen LogP contribution in [0, 0.1) is 0 Å². The van der Waals surface area contributed by atoms with Crippen molar-refractivity contribution in [2.45, 2.75) is 51.1 Å². The highest BCUT2D eigenvalue weighted by Gasteiger charge is 2.29. The van der Waals surface area contributed by atoms with Crippen LogP contribution in [-0.4, -0.2) is 63.4 Å². The van der Waals surface area contributed by atoms with Gasteiger partial charge in [0.15, 0.2) is 0 Å². The van der Waals surface area contributed by atoms with Gasteiger partial charge in [-0.3, -0.25) is 9.89 Å². The molecule has 35 heavy (non-hydrogen) atoms. The number of carbonyl (C=O) groups is 1. The molecule has 0 radical (unpaired) electrons. The first-order chi connectivity index (χ1) is 16.7. The predicted molar refractivity (Wildman–Crippen MR) is 123 cm³/mol. The SMILES string of the molecule is CN1CCC(Oc2ccc3c(c2)CN(C(=O)c2cc4c(CCC(F)(F)F)[nH]nc4cc2O)C3)CC1. The molecule has 0 spiro atoms. The molecule has 1 saturated heterocycles. The molecule has 3 aromatic rings. The molecule has 0 bridgehead atoms. The number of hydrogen-bond acceptors (Lipinski definition) is 5. The van der Waals surface area contributed by atoms with Crippen LogP contribution < -0.4 is 4.74 Å². The molecular weight excluding hydrogens is 461 g/mol. The topological polar surface area (TPSA) is 81.7 Å². The molecule has 2 aliphatic rings. The van der Waals surface area contributed by atoms with Crippen LogP contribution in [0.5, 0.6) is 11.5 Å². The highest BCUT2D eigenvalue weighted by atomic mass is 19.4. The zero-order valence-corrected chi connectivity index (χ0v) is 19.4. The Morgan fingerprint density at radius 1 is 1.17 bits per heavy atom. The number of fused-ring (bicyclic) bond motifs is 2. The fourth-order valence-corrected chi connectivity index (χ4v) is 4.78. The number of aromatic hydroxyl groups is 1. The lowest BCUT2D eigenvalue weighted by molar-refractivity contribution is -0.134. The summed E-state index contributed by atoms with van der Waals surface area (Å²) in [6, 6.07) is 8.59. The van der Waals surface area contributed by atoms with Gasteiger partial charge >= 0.3 is 6.18 Å². The van der Waals surface area contributed by atoms with Crippen LogP contribution in [0.4, 0.5) is 13.2 Å². The van der Waals surface area contributed by atoms with Crippen LogP contribution in [0.1, 0.15) is 46.4 Å². The number of piperidine rings is 1. The molecule has 2 aromatic carbocycles. The highest BCUT2D eigenvalue weighted by Crippen LogP contribution is 2.33. The Balaban J connectivity index is 1.31. The number of phenolic OH excluding ortho intramolecular Hbond substituents is 1. The van der Waals surface area contributed by atoms with E-state index in [9.17, 15) is 23.1 Å². The van der Waals surface area contributed by atoms with E-state index < -0.39 is 12.6 Å². The van der Waals surface area contributed by atoms with Gasteiger partial charge < -0.3 is 19.6 Å². The zero-order chi connectivity index (χ0) is 24.7. The molecule has 10 heteroatoms. The van der Waals surface area contributed by atoms with E-state index in [2.05, 4.69) is 22.1 Å². The summed E-state index contributed by atoms with van der Waals surface area (Å²) in [6.45, 7) is 2.75. The van der Waals surface area contributed by atoms with Crippen molar-refractivity contribution in [3.63, 3.8) is 0 Å². The van der Waals surface area contributed by atoms with Crippen molar-refractivity contribution >= 4 is 16.8 Å². The maximum absolute atomic E-state index is 13.3. The molecule has 0 saturated carbocycles. The molecular formula is C25H27F3N4O3. The van der Waals surface area contributed by atoms with Crippen LogP contribution in [-0.2, 0) is 19.5 Å².